The summed E-state index contributed by atoms with van der Waals surface area (Å²) in [6.07, 6.45) is 7.01. The predicted molar refractivity (Wildman–Crippen MR) is 143 cm³/mol. The minimum atomic E-state index is -0.380. The molecule has 1 heterocycles. The minimum absolute atomic E-state index is 0.290. The maximum Gasteiger partial charge on any atom is 0.341 e. The molecule has 0 aliphatic heterocycles. The monoisotopic (exact) mass is 525 g/mol. The van der Waals surface area contributed by atoms with Gasteiger partial charge in [-0.05, 0) is 79.6 Å². The molecule has 0 radical (unpaired) electrons. The summed E-state index contributed by atoms with van der Waals surface area (Å²) in [5.41, 5.74) is 3.28. The fourth-order valence-corrected chi connectivity index (χ4v) is 5.45. The van der Waals surface area contributed by atoms with E-state index in [9.17, 15) is 9.59 Å². The van der Waals surface area contributed by atoms with E-state index < -0.39 is 0 Å². The van der Waals surface area contributed by atoms with Gasteiger partial charge in [-0.15, -0.1) is 11.3 Å². The smallest absolute Gasteiger partial charge is 0.341 e. The van der Waals surface area contributed by atoms with Crippen molar-refractivity contribution < 1.29 is 23.8 Å². The van der Waals surface area contributed by atoms with Crippen LogP contribution < -0.4 is 14.8 Å². The molecule has 6 nitrogen and oxygen atoms in total. The van der Waals surface area contributed by atoms with Crippen LogP contribution in [0, 0.1) is 0 Å². The summed E-state index contributed by atoms with van der Waals surface area (Å²) in [7, 11) is 1.57. The Bertz CT molecular complexity index is 1270. The Morgan fingerprint density at radius 3 is 2.61 bits per heavy atom. The Kier molecular flexibility index (Phi) is 8.67. The summed E-state index contributed by atoms with van der Waals surface area (Å²) in [6, 6.07) is 12.9. The molecule has 0 unspecified atom stereocenters. The number of esters is 1. The van der Waals surface area contributed by atoms with E-state index in [0.29, 0.717) is 33.7 Å². The first-order valence-electron chi connectivity index (χ1n) is 11.8. The Morgan fingerprint density at radius 1 is 1.08 bits per heavy atom. The second-order valence-corrected chi connectivity index (χ2v) is 9.83. The highest BCUT2D eigenvalue weighted by Crippen LogP contribution is 2.38. The number of ether oxygens (including phenoxy) is 3. The Balaban J connectivity index is 1.44. The predicted octanol–water partition coefficient (Wildman–Crippen LogP) is 6.70. The molecular formula is C28H28ClNO5S. The number of hydrogen-bond acceptors (Lipinski definition) is 6. The van der Waals surface area contributed by atoms with Gasteiger partial charge in [-0.25, -0.2) is 4.79 Å². The zero-order chi connectivity index (χ0) is 25.5. The second kappa shape index (κ2) is 12.1. The third-order valence-corrected chi connectivity index (χ3v) is 7.27. The van der Waals surface area contributed by atoms with Crippen molar-refractivity contribution >= 4 is 45.9 Å². The molecule has 1 aliphatic rings. The molecular weight excluding hydrogens is 498 g/mol. The van der Waals surface area contributed by atoms with Crippen LogP contribution in [0.2, 0.25) is 5.02 Å². The number of rotatable bonds is 9. The first kappa shape index (κ1) is 25.8. The molecule has 0 atom stereocenters. The van der Waals surface area contributed by atoms with E-state index in [1.165, 1.54) is 17.4 Å². The van der Waals surface area contributed by atoms with Gasteiger partial charge in [0, 0.05) is 16.0 Å². The molecule has 36 heavy (non-hydrogen) atoms. The van der Waals surface area contributed by atoms with Crippen LogP contribution in [0.4, 0.5) is 5.00 Å². The van der Waals surface area contributed by atoms with Crippen LogP contribution >= 0.6 is 22.9 Å². The van der Waals surface area contributed by atoms with E-state index in [1.807, 2.05) is 30.3 Å². The molecule has 1 N–H and O–H groups in total. The van der Waals surface area contributed by atoms with Gasteiger partial charge in [0.1, 0.15) is 11.6 Å². The van der Waals surface area contributed by atoms with Crippen molar-refractivity contribution in [1.82, 2.24) is 0 Å². The van der Waals surface area contributed by atoms with E-state index in [-0.39, 0.29) is 18.5 Å². The van der Waals surface area contributed by atoms with Crippen LogP contribution in [-0.4, -0.2) is 25.6 Å². The summed E-state index contributed by atoms with van der Waals surface area (Å²) in [5, 5.41) is 4.11. The van der Waals surface area contributed by atoms with Gasteiger partial charge >= 0.3 is 5.97 Å². The van der Waals surface area contributed by atoms with Crippen molar-refractivity contribution in [1.29, 1.82) is 0 Å². The minimum Gasteiger partial charge on any atom is -0.493 e. The van der Waals surface area contributed by atoms with Crippen LogP contribution in [0.25, 0.3) is 6.08 Å². The number of carbonyl (C=O) groups excluding carboxylic acids is 2. The summed E-state index contributed by atoms with van der Waals surface area (Å²) >= 11 is 7.40. The second-order valence-electron chi connectivity index (χ2n) is 8.28. The number of benzene rings is 2. The maximum atomic E-state index is 12.7. The zero-order valence-corrected chi connectivity index (χ0v) is 21.8. The van der Waals surface area contributed by atoms with Crippen molar-refractivity contribution in [2.75, 3.05) is 19.0 Å². The SMILES string of the molecule is CCOC(=O)c1c(NC(=O)/C=C/c2ccc(OCc3ccc(Cl)cc3)c(OC)c2)sc2c1CCCC2. The lowest BCUT2D eigenvalue weighted by Crippen LogP contribution is -2.14. The number of fused-ring (bicyclic) bond motifs is 1. The first-order chi connectivity index (χ1) is 17.5. The number of carbonyl (C=O) groups is 2. The van der Waals surface area contributed by atoms with Crippen molar-refractivity contribution in [2.24, 2.45) is 0 Å². The number of hydrogen-bond donors (Lipinski definition) is 1. The zero-order valence-electron chi connectivity index (χ0n) is 20.3. The van der Waals surface area contributed by atoms with E-state index in [4.69, 9.17) is 25.8 Å². The average Bonchev–Trinajstić information content (AvgIpc) is 3.25. The Hall–Kier alpha value is -3.29. The molecule has 0 bridgehead atoms. The topological polar surface area (TPSA) is 73.9 Å². The van der Waals surface area contributed by atoms with Crippen molar-refractivity contribution in [2.45, 2.75) is 39.2 Å². The van der Waals surface area contributed by atoms with E-state index in [0.717, 1.165) is 47.3 Å². The summed E-state index contributed by atoms with van der Waals surface area (Å²) in [6.45, 7) is 2.44. The lowest BCUT2D eigenvalue weighted by Gasteiger charge is -2.12. The molecule has 3 aromatic rings. The van der Waals surface area contributed by atoms with Gasteiger partial charge < -0.3 is 19.5 Å². The molecule has 1 amide bonds. The van der Waals surface area contributed by atoms with Crippen molar-refractivity contribution in [3.8, 4) is 11.5 Å². The standard InChI is InChI=1S/C28H28ClNO5S/c1-3-34-28(32)26-21-6-4-5-7-24(21)36-27(26)30-25(31)15-11-18-10-14-22(23(16-18)33-2)35-17-19-8-12-20(29)13-9-19/h8-16H,3-7,17H2,1-2H3,(H,30,31)/b15-11+. The number of thiophene rings is 1. The Morgan fingerprint density at radius 2 is 1.86 bits per heavy atom. The number of amides is 1. The van der Waals surface area contributed by atoms with Gasteiger partial charge in [0.05, 0.1) is 19.3 Å². The van der Waals surface area contributed by atoms with E-state index in [2.05, 4.69) is 5.32 Å². The van der Waals surface area contributed by atoms with Crippen LogP contribution in [0.1, 0.15) is 51.7 Å². The molecule has 1 aliphatic carbocycles. The van der Waals surface area contributed by atoms with Gasteiger partial charge in [-0.2, -0.15) is 0 Å². The van der Waals surface area contributed by atoms with Crippen molar-refractivity contribution in [3.63, 3.8) is 0 Å². The molecule has 1 aromatic heterocycles. The van der Waals surface area contributed by atoms with Gasteiger partial charge in [-0.3, -0.25) is 4.79 Å². The fraction of sp³-hybridized carbons (Fsp3) is 0.286. The van der Waals surface area contributed by atoms with Crippen LogP contribution in [0.15, 0.2) is 48.5 Å². The number of anilines is 1. The van der Waals surface area contributed by atoms with Gasteiger partial charge in [0.2, 0.25) is 5.91 Å². The summed E-state index contributed by atoms with van der Waals surface area (Å²) < 4.78 is 16.6. The fourth-order valence-electron chi connectivity index (χ4n) is 4.05. The average molecular weight is 526 g/mol. The molecule has 8 heteroatoms. The molecule has 0 saturated carbocycles. The summed E-state index contributed by atoms with van der Waals surface area (Å²) in [5.74, 6) is 0.454. The Labute approximate surface area is 219 Å². The van der Waals surface area contributed by atoms with Gasteiger partial charge in [0.15, 0.2) is 11.5 Å². The van der Waals surface area contributed by atoms with Crippen LogP contribution in [0.3, 0.4) is 0 Å². The van der Waals surface area contributed by atoms with E-state index >= 15 is 0 Å². The number of nitrogens with one attached hydrogen (secondary N) is 1. The maximum absolute atomic E-state index is 12.7. The number of aryl methyl sites for hydroxylation is 1. The number of halogens is 1. The quantitative estimate of drug-likeness (QED) is 0.248. The molecule has 188 valence electrons. The molecule has 2 aromatic carbocycles. The lowest BCUT2D eigenvalue weighted by molar-refractivity contribution is -0.111. The molecule has 0 spiro atoms. The lowest BCUT2D eigenvalue weighted by atomic mass is 9.95. The molecule has 0 saturated heterocycles. The number of methoxy groups -OCH3 is 1. The third kappa shape index (κ3) is 6.28. The van der Waals surface area contributed by atoms with Gasteiger partial charge in [-0.1, -0.05) is 29.8 Å². The molecule has 0 fully saturated rings. The normalized spacial score (nSPS) is 12.8. The highest BCUT2D eigenvalue weighted by atomic mass is 35.5. The largest absolute Gasteiger partial charge is 0.493 e. The van der Waals surface area contributed by atoms with Crippen molar-refractivity contribution in [3.05, 3.63) is 80.7 Å². The highest BCUT2D eigenvalue weighted by molar-refractivity contribution is 7.17. The van der Waals surface area contributed by atoms with E-state index in [1.54, 1.807) is 32.2 Å². The summed E-state index contributed by atoms with van der Waals surface area (Å²) in [4.78, 5) is 26.5. The van der Waals surface area contributed by atoms with Gasteiger partial charge in [0.25, 0.3) is 0 Å². The first-order valence-corrected chi connectivity index (χ1v) is 13.0. The van der Waals surface area contributed by atoms with Crippen LogP contribution in [0.5, 0.6) is 11.5 Å². The highest BCUT2D eigenvalue weighted by Gasteiger charge is 2.26. The van der Waals surface area contributed by atoms with Crippen LogP contribution in [-0.2, 0) is 29.0 Å². The molecule has 4 rings (SSSR count). The third-order valence-electron chi connectivity index (χ3n) is 5.81.